The van der Waals surface area contributed by atoms with Gasteiger partial charge in [0, 0.05) is 0 Å². The first-order valence-corrected chi connectivity index (χ1v) is 4.91. The lowest BCUT2D eigenvalue weighted by Crippen LogP contribution is -1.97. The molecular weight excluding hydrogens is 220 g/mol. The average Bonchev–Trinajstić information content (AvgIpc) is 2.82. The number of anilines is 1. The van der Waals surface area contributed by atoms with Crippen molar-refractivity contribution in [3.05, 3.63) is 54.0 Å². The van der Waals surface area contributed by atoms with E-state index in [0.29, 0.717) is 11.4 Å². The molecule has 0 unspecified atom stereocenters. The number of nitrogens with zero attached hydrogens (tertiary/aromatic N) is 1. The van der Waals surface area contributed by atoms with Gasteiger partial charge in [-0.25, -0.2) is 4.79 Å². The van der Waals surface area contributed by atoms with Crippen LogP contribution in [-0.2, 0) is 0 Å². The van der Waals surface area contributed by atoms with Gasteiger partial charge in [-0.2, -0.15) is 5.10 Å². The third-order valence-corrected chi connectivity index (χ3v) is 2.04. The number of nitrogens with one attached hydrogen (secondary N) is 1. The summed E-state index contributed by atoms with van der Waals surface area (Å²) in [7, 11) is 0. The molecule has 0 aliphatic rings. The summed E-state index contributed by atoms with van der Waals surface area (Å²) >= 11 is 0. The number of carbonyl (C=O) groups is 1. The van der Waals surface area contributed by atoms with Crippen LogP contribution in [0.4, 0.5) is 5.69 Å². The van der Waals surface area contributed by atoms with Crippen LogP contribution >= 0.6 is 0 Å². The van der Waals surface area contributed by atoms with Crippen LogP contribution in [-0.4, -0.2) is 17.3 Å². The number of benzene rings is 1. The molecule has 2 aromatic rings. The summed E-state index contributed by atoms with van der Waals surface area (Å²) in [4.78, 5) is 10.7. The summed E-state index contributed by atoms with van der Waals surface area (Å²) in [6, 6.07) is 9.91. The minimum absolute atomic E-state index is 0.211. The topological polar surface area (TPSA) is 74.8 Å². The highest BCUT2D eigenvalue weighted by Gasteiger charge is 2.01. The largest absolute Gasteiger partial charge is 0.478 e. The third-order valence-electron chi connectivity index (χ3n) is 2.04. The molecule has 2 rings (SSSR count). The third kappa shape index (κ3) is 2.94. The van der Waals surface area contributed by atoms with E-state index in [0.717, 1.165) is 0 Å². The fraction of sp³-hybridized carbons (Fsp3) is 0. The number of rotatable bonds is 4. The highest BCUT2D eigenvalue weighted by Crippen LogP contribution is 2.10. The number of carboxylic acids is 1. The molecule has 0 amide bonds. The molecule has 0 saturated carbocycles. The van der Waals surface area contributed by atoms with Gasteiger partial charge in [0.25, 0.3) is 0 Å². The van der Waals surface area contributed by atoms with Crippen molar-refractivity contribution in [1.29, 1.82) is 0 Å². The molecule has 0 aliphatic heterocycles. The summed E-state index contributed by atoms with van der Waals surface area (Å²) in [6.07, 6.45) is 3.06. The van der Waals surface area contributed by atoms with Crippen LogP contribution in [0.2, 0.25) is 0 Å². The van der Waals surface area contributed by atoms with Gasteiger partial charge in [0.1, 0.15) is 5.76 Å². The zero-order chi connectivity index (χ0) is 12.1. The maximum atomic E-state index is 10.7. The van der Waals surface area contributed by atoms with Crippen LogP contribution in [0.5, 0.6) is 0 Å². The number of carboxylic acid groups (broad SMARTS) is 1. The number of hydrogen-bond acceptors (Lipinski definition) is 4. The van der Waals surface area contributed by atoms with Crippen molar-refractivity contribution >= 4 is 17.9 Å². The summed E-state index contributed by atoms with van der Waals surface area (Å²) in [5.41, 5.74) is 3.54. The van der Waals surface area contributed by atoms with Crippen molar-refractivity contribution in [1.82, 2.24) is 0 Å². The first kappa shape index (κ1) is 10.9. The quantitative estimate of drug-likeness (QED) is 0.624. The van der Waals surface area contributed by atoms with Gasteiger partial charge in [-0.1, -0.05) is 6.07 Å². The second-order valence-electron chi connectivity index (χ2n) is 3.27. The lowest BCUT2D eigenvalue weighted by atomic mass is 10.2. The Balaban J connectivity index is 2.04. The van der Waals surface area contributed by atoms with Crippen LogP contribution in [0.3, 0.4) is 0 Å². The molecule has 5 heteroatoms. The Morgan fingerprint density at radius 3 is 2.94 bits per heavy atom. The Labute approximate surface area is 97.4 Å². The molecule has 0 radical (unpaired) electrons. The van der Waals surface area contributed by atoms with E-state index in [1.807, 2.05) is 0 Å². The molecule has 0 fully saturated rings. The molecule has 1 heterocycles. The van der Waals surface area contributed by atoms with E-state index in [1.54, 1.807) is 30.5 Å². The Kier molecular flexibility index (Phi) is 3.20. The molecule has 0 spiro atoms. The molecule has 1 aromatic heterocycles. The zero-order valence-electron chi connectivity index (χ0n) is 8.83. The maximum Gasteiger partial charge on any atom is 0.335 e. The monoisotopic (exact) mass is 230 g/mol. The molecule has 0 atom stereocenters. The van der Waals surface area contributed by atoms with Crippen LogP contribution in [0, 0.1) is 0 Å². The van der Waals surface area contributed by atoms with Gasteiger partial charge in [0.2, 0.25) is 0 Å². The smallest absolute Gasteiger partial charge is 0.335 e. The van der Waals surface area contributed by atoms with Gasteiger partial charge in [-0.05, 0) is 30.3 Å². The van der Waals surface area contributed by atoms with Gasteiger partial charge in [0.05, 0.1) is 23.7 Å². The van der Waals surface area contributed by atoms with Crippen molar-refractivity contribution in [2.24, 2.45) is 5.10 Å². The van der Waals surface area contributed by atoms with Crippen LogP contribution < -0.4 is 5.43 Å². The molecule has 1 aromatic carbocycles. The van der Waals surface area contributed by atoms with Crippen molar-refractivity contribution in [2.75, 3.05) is 5.43 Å². The van der Waals surface area contributed by atoms with E-state index >= 15 is 0 Å². The highest BCUT2D eigenvalue weighted by molar-refractivity contribution is 5.88. The molecule has 5 nitrogen and oxygen atoms in total. The number of hydrazone groups is 1. The second-order valence-corrected chi connectivity index (χ2v) is 3.27. The van der Waals surface area contributed by atoms with E-state index in [-0.39, 0.29) is 5.56 Å². The van der Waals surface area contributed by atoms with Crippen molar-refractivity contribution in [3.63, 3.8) is 0 Å². The molecule has 86 valence electrons. The number of furan rings is 1. The maximum absolute atomic E-state index is 10.7. The van der Waals surface area contributed by atoms with E-state index < -0.39 is 5.97 Å². The van der Waals surface area contributed by atoms with E-state index in [2.05, 4.69) is 10.5 Å². The lowest BCUT2D eigenvalue weighted by molar-refractivity contribution is 0.0697. The minimum Gasteiger partial charge on any atom is -0.478 e. The standard InChI is InChI=1S/C12H10N2O3/c15-12(16)9-3-1-4-10(7-9)14-13-8-11-5-2-6-17-11/h1-8,14H,(H,15,16)/b13-8+. The SMILES string of the molecule is O=C(O)c1cccc(N/N=C/c2ccco2)c1. The summed E-state index contributed by atoms with van der Waals surface area (Å²) in [5, 5.41) is 12.7. The Bertz CT molecular complexity index is 532. The molecule has 0 aliphatic carbocycles. The predicted molar refractivity (Wildman–Crippen MR) is 63.3 cm³/mol. The van der Waals surface area contributed by atoms with Gasteiger partial charge in [0.15, 0.2) is 0 Å². The summed E-state index contributed by atoms with van der Waals surface area (Å²) in [6.45, 7) is 0. The molecule has 17 heavy (non-hydrogen) atoms. The molecule has 0 saturated heterocycles. The van der Waals surface area contributed by atoms with Crippen molar-refractivity contribution < 1.29 is 14.3 Å². The summed E-state index contributed by atoms with van der Waals surface area (Å²) in [5.74, 6) is -0.351. The van der Waals surface area contributed by atoms with Gasteiger partial charge < -0.3 is 9.52 Å². The fourth-order valence-electron chi connectivity index (χ4n) is 1.26. The fourth-order valence-corrected chi connectivity index (χ4v) is 1.26. The van der Waals surface area contributed by atoms with Crippen molar-refractivity contribution in [2.45, 2.75) is 0 Å². The van der Waals surface area contributed by atoms with Crippen LogP contribution in [0.15, 0.2) is 52.2 Å². The highest BCUT2D eigenvalue weighted by atomic mass is 16.4. The first-order chi connectivity index (χ1) is 8.25. The first-order valence-electron chi connectivity index (χ1n) is 4.91. The average molecular weight is 230 g/mol. The number of hydrogen-bond donors (Lipinski definition) is 2. The minimum atomic E-state index is -0.969. The van der Waals surface area contributed by atoms with Gasteiger partial charge >= 0.3 is 5.97 Å². The van der Waals surface area contributed by atoms with Gasteiger partial charge in [-0.3, -0.25) is 5.43 Å². The lowest BCUT2D eigenvalue weighted by Gasteiger charge is -2.00. The summed E-state index contributed by atoms with van der Waals surface area (Å²) < 4.78 is 5.05. The molecular formula is C12H10N2O3. The van der Waals surface area contributed by atoms with E-state index in [9.17, 15) is 4.79 Å². The van der Waals surface area contributed by atoms with Gasteiger partial charge in [-0.15, -0.1) is 0 Å². The Morgan fingerprint density at radius 2 is 2.24 bits per heavy atom. The van der Waals surface area contributed by atoms with Crippen LogP contribution in [0.1, 0.15) is 16.1 Å². The Morgan fingerprint density at radius 1 is 1.35 bits per heavy atom. The van der Waals surface area contributed by atoms with E-state index in [4.69, 9.17) is 9.52 Å². The molecule has 2 N–H and O–H groups in total. The second kappa shape index (κ2) is 4.98. The predicted octanol–water partition coefficient (Wildman–Crippen LogP) is 2.42. The Hall–Kier alpha value is -2.56. The normalized spacial score (nSPS) is 10.6. The number of aromatic carboxylic acids is 1. The van der Waals surface area contributed by atoms with E-state index in [1.165, 1.54) is 18.3 Å². The van der Waals surface area contributed by atoms with Crippen molar-refractivity contribution in [3.8, 4) is 0 Å². The zero-order valence-corrected chi connectivity index (χ0v) is 8.83. The molecule has 0 bridgehead atoms. The van der Waals surface area contributed by atoms with Crippen LogP contribution in [0.25, 0.3) is 0 Å².